The quantitative estimate of drug-likeness (QED) is 0.678. The third-order valence-electron chi connectivity index (χ3n) is 1.57. The van der Waals surface area contributed by atoms with Gasteiger partial charge in [-0.3, -0.25) is 4.99 Å². The van der Waals surface area contributed by atoms with Gasteiger partial charge in [0.2, 0.25) is 0 Å². The second-order valence-electron chi connectivity index (χ2n) is 4.30. The summed E-state index contributed by atoms with van der Waals surface area (Å²) in [6, 6.07) is 0. The molecule has 0 aliphatic carbocycles. The van der Waals surface area contributed by atoms with Crippen LogP contribution in [0.5, 0.6) is 0 Å². The molecule has 0 bridgehead atoms. The summed E-state index contributed by atoms with van der Waals surface area (Å²) in [6.45, 7) is 8.70. The van der Waals surface area contributed by atoms with Crippen LogP contribution in [0.2, 0.25) is 0 Å². The number of nitrogens with zero attached hydrogens (tertiary/aromatic N) is 1. The normalized spacial score (nSPS) is 18.8. The smallest absolute Gasteiger partial charge is 0.156 e. The van der Waals surface area contributed by atoms with E-state index in [4.69, 9.17) is 0 Å². The summed E-state index contributed by atoms with van der Waals surface area (Å²) in [5.74, 6) is 1.22. The van der Waals surface area contributed by atoms with Crippen molar-refractivity contribution in [3.8, 4) is 0 Å². The first kappa shape index (κ1) is 9.90. The Bertz CT molecular complexity index is 170. The summed E-state index contributed by atoms with van der Waals surface area (Å²) in [7, 11) is 0. The first-order chi connectivity index (χ1) is 5.58. The fourth-order valence-electron chi connectivity index (χ4n) is 0.907. The maximum absolute atomic E-state index is 4.40. The molecule has 0 fully saturated rings. The van der Waals surface area contributed by atoms with Gasteiger partial charge in [-0.05, 0) is 11.8 Å². The van der Waals surface area contributed by atoms with Crippen molar-refractivity contribution < 1.29 is 0 Å². The highest BCUT2D eigenvalue weighted by Crippen LogP contribution is 2.14. The monoisotopic (exact) mass is 186 g/mol. The fourth-order valence-corrected chi connectivity index (χ4v) is 1.73. The molecule has 0 aromatic heterocycles. The second kappa shape index (κ2) is 4.17. The molecule has 0 aromatic rings. The van der Waals surface area contributed by atoms with Crippen molar-refractivity contribution in [2.75, 3.05) is 18.8 Å². The molecule has 0 atom stereocenters. The Balaban J connectivity index is 2.26. The van der Waals surface area contributed by atoms with E-state index in [1.165, 1.54) is 12.2 Å². The molecule has 0 unspecified atom stereocenters. The lowest BCUT2D eigenvalue weighted by Crippen LogP contribution is -2.31. The molecule has 0 amide bonds. The van der Waals surface area contributed by atoms with Gasteiger partial charge in [0.05, 0.1) is 0 Å². The molecule has 1 aliphatic rings. The summed E-state index contributed by atoms with van der Waals surface area (Å²) in [5, 5.41) is 4.51. The van der Waals surface area contributed by atoms with Crippen LogP contribution in [0.15, 0.2) is 4.99 Å². The van der Waals surface area contributed by atoms with Gasteiger partial charge in [0.15, 0.2) is 5.17 Å². The molecule has 0 radical (unpaired) electrons. The van der Waals surface area contributed by atoms with Gasteiger partial charge >= 0.3 is 0 Å². The number of rotatable bonds is 1. The van der Waals surface area contributed by atoms with Crippen LogP contribution >= 0.6 is 11.8 Å². The second-order valence-corrected chi connectivity index (χ2v) is 5.39. The average Bonchev–Trinajstić information content (AvgIpc) is 2.02. The standard InChI is InChI=1S/C9H18N2S/c1-9(2,3)7-11-8-10-5-4-6-12-8/h4-7H2,1-3H3,(H,10,11). The summed E-state index contributed by atoms with van der Waals surface area (Å²) in [6.07, 6.45) is 1.23. The molecule has 0 aromatic carbocycles. The molecule has 2 nitrogen and oxygen atoms in total. The molecular formula is C9H18N2S. The summed E-state index contributed by atoms with van der Waals surface area (Å²) in [4.78, 5) is 4.40. The van der Waals surface area contributed by atoms with Crippen molar-refractivity contribution in [2.45, 2.75) is 27.2 Å². The van der Waals surface area contributed by atoms with Crippen molar-refractivity contribution in [2.24, 2.45) is 10.4 Å². The molecule has 3 heteroatoms. The van der Waals surface area contributed by atoms with Crippen LogP contribution in [0.3, 0.4) is 0 Å². The number of nitrogens with one attached hydrogen (secondary N) is 1. The Kier molecular flexibility index (Phi) is 3.44. The average molecular weight is 186 g/mol. The Morgan fingerprint density at radius 2 is 2.25 bits per heavy atom. The zero-order valence-electron chi connectivity index (χ0n) is 8.18. The number of hydrogen-bond acceptors (Lipinski definition) is 3. The molecule has 0 spiro atoms. The first-order valence-electron chi connectivity index (χ1n) is 4.49. The van der Waals surface area contributed by atoms with Gasteiger partial charge in [0, 0.05) is 18.8 Å². The highest BCUT2D eigenvalue weighted by Gasteiger charge is 2.12. The Labute approximate surface area is 79.2 Å². The van der Waals surface area contributed by atoms with E-state index >= 15 is 0 Å². The highest BCUT2D eigenvalue weighted by atomic mass is 32.2. The SMILES string of the molecule is CC(C)(C)CNC1=NCCCS1. The van der Waals surface area contributed by atoms with Gasteiger partial charge in [-0.1, -0.05) is 32.5 Å². The summed E-state index contributed by atoms with van der Waals surface area (Å²) >= 11 is 1.84. The maximum atomic E-state index is 4.40. The minimum Gasteiger partial charge on any atom is -0.364 e. The third kappa shape index (κ3) is 4.00. The van der Waals surface area contributed by atoms with Crippen LogP contribution in [0.1, 0.15) is 27.2 Å². The Morgan fingerprint density at radius 1 is 1.50 bits per heavy atom. The molecule has 70 valence electrons. The third-order valence-corrected chi connectivity index (χ3v) is 2.61. The molecular weight excluding hydrogens is 168 g/mol. The van der Waals surface area contributed by atoms with Crippen molar-refractivity contribution in [1.82, 2.24) is 5.32 Å². The van der Waals surface area contributed by atoms with E-state index in [1.54, 1.807) is 0 Å². The van der Waals surface area contributed by atoms with Crippen molar-refractivity contribution in [3.63, 3.8) is 0 Å². The van der Waals surface area contributed by atoms with E-state index in [0.29, 0.717) is 5.41 Å². The predicted molar refractivity (Wildman–Crippen MR) is 56.8 cm³/mol. The van der Waals surface area contributed by atoms with Gasteiger partial charge in [-0.15, -0.1) is 0 Å². The predicted octanol–water partition coefficient (Wildman–Crippen LogP) is 2.12. The van der Waals surface area contributed by atoms with Crippen LogP contribution in [-0.2, 0) is 0 Å². The van der Waals surface area contributed by atoms with E-state index in [1.807, 2.05) is 11.8 Å². The number of amidine groups is 1. The van der Waals surface area contributed by atoms with Gasteiger partial charge < -0.3 is 5.32 Å². The minimum atomic E-state index is 0.348. The highest BCUT2D eigenvalue weighted by molar-refractivity contribution is 8.13. The van der Waals surface area contributed by atoms with Crippen LogP contribution < -0.4 is 5.32 Å². The van der Waals surface area contributed by atoms with E-state index in [-0.39, 0.29) is 0 Å². The molecule has 0 saturated heterocycles. The molecule has 1 N–H and O–H groups in total. The number of hydrogen-bond donors (Lipinski definition) is 1. The fraction of sp³-hybridized carbons (Fsp3) is 0.889. The van der Waals surface area contributed by atoms with Crippen LogP contribution in [-0.4, -0.2) is 24.0 Å². The van der Waals surface area contributed by atoms with E-state index < -0.39 is 0 Å². The topological polar surface area (TPSA) is 24.4 Å². The number of aliphatic imine (C=N–C) groups is 1. The van der Waals surface area contributed by atoms with Crippen molar-refractivity contribution in [1.29, 1.82) is 0 Å². The lowest BCUT2D eigenvalue weighted by atomic mass is 9.97. The molecule has 12 heavy (non-hydrogen) atoms. The van der Waals surface area contributed by atoms with Crippen molar-refractivity contribution in [3.05, 3.63) is 0 Å². The molecule has 1 rings (SSSR count). The maximum Gasteiger partial charge on any atom is 0.156 e. The van der Waals surface area contributed by atoms with Crippen molar-refractivity contribution >= 4 is 16.9 Å². The summed E-state index contributed by atoms with van der Waals surface area (Å²) < 4.78 is 0. The van der Waals surface area contributed by atoms with Gasteiger partial charge in [-0.25, -0.2) is 0 Å². The lowest BCUT2D eigenvalue weighted by molar-refractivity contribution is 0.409. The van der Waals surface area contributed by atoms with Gasteiger partial charge in [0.1, 0.15) is 0 Å². The van der Waals surface area contributed by atoms with E-state index in [2.05, 4.69) is 31.1 Å². The molecule has 1 heterocycles. The van der Waals surface area contributed by atoms with Crippen LogP contribution in [0.4, 0.5) is 0 Å². The zero-order valence-corrected chi connectivity index (χ0v) is 9.00. The van der Waals surface area contributed by atoms with Crippen LogP contribution in [0.25, 0.3) is 0 Å². The Hall–Kier alpha value is -0.180. The lowest BCUT2D eigenvalue weighted by Gasteiger charge is -2.21. The van der Waals surface area contributed by atoms with E-state index in [9.17, 15) is 0 Å². The first-order valence-corrected chi connectivity index (χ1v) is 5.48. The molecule has 1 aliphatic heterocycles. The Morgan fingerprint density at radius 3 is 2.75 bits per heavy atom. The summed E-state index contributed by atoms with van der Waals surface area (Å²) in [5.41, 5.74) is 0.348. The van der Waals surface area contributed by atoms with Crippen LogP contribution in [0, 0.1) is 5.41 Å². The number of thioether (sulfide) groups is 1. The van der Waals surface area contributed by atoms with Gasteiger partial charge in [0.25, 0.3) is 0 Å². The zero-order chi connectivity index (χ0) is 9.03. The largest absolute Gasteiger partial charge is 0.364 e. The van der Waals surface area contributed by atoms with E-state index in [0.717, 1.165) is 18.3 Å². The minimum absolute atomic E-state index is 0.348. The molecule has 0 saturated carbocycles. The van der Waals surface area contributed by atoms with Gasteiger partial charge in [-0.2, -0.15) is 0 Å².